The van der Waals surface area contributed by atoms with E-state index in [0.29, 0.717) is 0 Å². The fourth-order valence-corrected chi connectivity index (χ4v) is 16.9. The third-order valence-electron chi connectivity index (χ3n) is 3.48. The molecule has 0 saturated heterocycles. The summed E-state index contributed by atoms with van der Waals surface area (Å²) in [6.45, 7) is 2.24. The first-order valence-corrected chi connectivity index (χ1v) is 18.8. The summed E-state index contributed by atoms with van der Waals surface area (Å²) in [4.78, 5) is 0. The number of rotatable bonds is 5. The van der Waals surface area contributed by atoms with Gasteiger partial charge in [0.25, 0.3) is 0 Å². The molecule has 0 fully saturated rings. The third-order valence-corrected chi connectivity index (χ3v) is 22.9. The molecule has 0 nitrogen and oxygen atoms in total. The minimum absolute atomic E-state index is 0.793. The van der Waals surface area contributed by atoms with Gasteiger partial charge in [0.1, 0.15) is 0 Å². The molecular formula is C16H17BrCl2Sn. The molecule has 2 aromatic rings. The van der Waals surface area contributed by atoms with Crippen molar-refractivity contribution in [1.29, 1.82) is 0 Å². The topological polar surface area (TPSA) is 0 Å². The summed E-state index contributed by atoms with van der Waals surface area (Å²) >= 11 is 13.5. The van der Waals surface area contributed by atoms with Crippen molar-refractivity contribution in [2.24, 2.45) is 0 Å². The van der Waals surface area contributed by atoms with Gasteiger partial charge in [0.05, 0.1) is 0 Å². The summed E-state index contributed by atoms with van der Waals surface area (Å²) in [5.41, 5.74) is 0. The zero-order chi connectivity index (χ0) is 14.6. The fourth-order valence-electron chi connectivity index (χ4n) is 2.30. The van der Waals surface area contributed by atoms with Gasteiger partial charge in [-0.3, -0.25) is 0 Å². The molecule has 0 amide bonds. The Bertz CT molecular complexity index is 506. The summed E-state index contributed by atoms with van der Waals surface area (Å²) in [5.74, 6) is 0. The van der Waals surface area contributed by atoms with Crippen LogP contribution in [0.1, 0.15) is 19.8 Å². The van der Waals surface area contributed by atoms with E-state index in [-0.39, 0.29) is 0 Å². The summed E-state index contributed by atoms with van der Waals surface area (Å²) in [5, 5.41) is 1.59. The molecule has 0 spiro atoms. The summed E-state index contributed by atoms with van der Waals surface area (Å²) in [6, 6.07) is 16.7. The maximum absolute atomic E-state index is 6.02. The Balaban J connectivity index is 2.43. The first kappa shape index (κ1) is 16.7. The van der Waals surface area contributed by atoms with Crippen LogP contribution in [0.3, 0.4) is 0 Å². The van der Waals surface area contributed by atoms with Gasteiger partial charge < -0.3 is 0 Å². The normalized spacial score (nSPS) is 11.6. The van der Waals surface area contributed by atoms with Crippen molar-refractivity contribution in [2.75, 3.05) is 0 Å². The molecule has 20 heavy (non-hydrogen) atoms. The van der Waals surface area contributed by atoms with Crippen molar-refractivity contribution >= 4 is 59.2 Å². The van der Waals surface area contributed by atoms with Crippen LogP contribution in [0.25, 0.3) is 0 Å². The molecule has 0 radical (unpaired) electrons. The average molecular weight is 479 g/mol. The number of hydrogen-bond acceptors (Lipinski definition) is 0. The number of unbranched alkanes of at least 4 members (excludes halogenated alkanes) is 1. The van der Waals surface area contributed by atoms with Gasteiger partial charge in [-0.2, -0.15) is 0 Å². The molecule has 0 aliphatic carbocycles. The van der Waals surface area contributed by atoms with Crippen LogP contribution in [0.4, 0.5) is 0 Å². The van der Waals surface area contributed by atoms with Crippen LogP contribution in [0.15, 0.2) is 48.5 Å². The molecule has 0 unspecified atom stereocenters. The molecule has 2 aromatic carbocycles. The van der Waals surface area contributed by atoms with Crippen LogP contribution in [0.5, 0.6) is 0 Å². The van der Waals surface area contributed by atoms with Crippen molar-refractivity contribution < 1.29 is 0 Å². The van der Waals surface area contributed by atoms with E-state index in [4.69, 9.17) is 23.2 Å². The molecule has 4 heteroatoms. The second-order valence-electron chi connectivity index (χ2n) is 4.92. The van der Waals surface area contributed by atoms with Crippen LogP contribution in [0, 0.1) is 0 Å². The molecule has 0 saturated carbocycles. The molecule has 2 rings (SSSR count). The predicted octanol–water partition coefficient (Wildman–Crippen LogP) is 5.25. The Morgan fingerprint density at radius 2 is 1.25 bits per heavy atom. The van der Waals surface area contributed by atoms with E-state index in [0.717, 1.165) is 10.0 Å². The van der Waals surface area contributed by atoms with E-state index >= 15 is 0 Å². The average Bonchev–Trinajstić information content (AvgIpc) is 2.46. The summed E-state index contributed by atoms with van der Waals surface area (Å²) < 4.78 is 4.10. The monoisotopic (exact) mass is 478 g/mol. The maximum atomic E-state index is 6.02. The van der Waals surface area contributed by atoms with Gasteiger partial charge in [0, 0.05) is 0 Å². The molecule has 0 bridgehead atoms. The van der Waals surface area contributed by atoms with Crippen molar-refractivity contribution in [2.45, 2.75) is 24.2 Å². The summed E-state index contributed by atoms with van der Waals surface area (Å²) in [6.07, 6.45) is 2.46. The number of hydrogen-bond donors (Lipinski definition) is 0. The van der Waals surface area contributed by atoms with E-state index < -0.39 is 16.2 Å². The van der Waals surface area contributed by atoms with Gasteiger partial charge in [0.15, 0.2) is 0 Å². The van der Waals surface area contributed by atoms with Gasteiger partial charge in [-0.1, -0.05) is 0 Å². The van der Waals surface area contributed by atoms with Gasteiger partial charge in [-0.15, -0.1) is 0 Å². The van der Waals surface area contributed by atoms with E-state index in [1.165, 1.54) is 24.4 Å². The molecule has 0 aliphatic rings. The second kappa shape index (κ2) is 7.53. The first-order chi connectivity index (χ1) is 9.56. The predicted molar refractivity (Wildman–Crippen MR) is 96.6 cm³/mol. The molecule has 0 heterocycles. The van der Waals surface area contributed by atoms with E-state index in [1.54, 1.807) is 0 Å². The zero-order valence-electron chi connectivity index (χ0n) is 11.4. The van der Waals surface area contributed by atoms with Gasteiger partial charge in [-0.05, 0) is 0 Å². The quantitative estimate of drug-likeness (QED) is 0.515. The first-order valence-electron chi connectivity index (χ1n) is 6.77. The van der Waals surface area contributed by atoms with Crippen LogP contribution in [0.2, 0.25) is 14.5 Å². The zero-order valence-corrected chi connectivity index (χ0v) is 17.3. The van der Waals surface area contributed by atoms with E-state index in [9.17, 15) is 0 Å². The van der Waals surface area contributed by atoms with Crippen LogP contribution in [-0.2, 0) is 0 Å². The Labute approximate surface area is 141 Å². The van der Waals surface area contributed by atoms with Crippen molar-refractivity contribution in [3.63, 3.8) is 0 Å². The molecule has 0 aliphatic heterocycles. The van der Waals surface area contributed by atoms with E-state index in [1.807, 2.05) is 24.3 Å². The standard InChI is InChI=1S/2C6H4Cl.C4H9.BrH.Sn/c2*7-6-4-2-1-3-5-6;1-3-4-2;;/h2*2-5H;1,3-4H2,2H3;1H;/q;;;;+1/p-1. The molecule has 0 atom stereocenters. The van der Waals surface area contributed by atoms with Gasteiger partial charge in [-0.25, -0.2) is 0 Å². The van der Waals surface area contributed by atoms with Gasteiger partial charge >= 0.3 is 142 Å². The van der Waals surface area contributed by atoms with Crippen LogP contribution in [-0.4, -0.2) is 16.2 Å². The fraction of sp³-hybridized carbons (Fsp3) is 0.250. The van der Waals surface area contributed by atoms with Crippen LogP contribution >= 0.6 is 35.9 Å². The Kier molecular flexibility index (Phi) is 6.27. The Morgan fingerprint density at radius 1 is 0.850 bits per heavy atom. The number of benzene rings is 2. The van der Waals surface area contributed by atoms with Crippen LogP contribution < -0.4 is 7.16 Å². The number of halogens is 3. The molecular weight excluding hydrogens is 462 g/mol. The molecule has 0 aromatic heterocycles. The minimum atomic E-state index is -2.74. The van der Waals surface area contributed by atoms with Crippen molar-refractivity contribution in [1.82, 2.24) is 0 Å². The van der Waals surface area contributed by atoms with Gasteiger partial charge in [0.2, 0.25) is 0 Å². The summed E-state index contributed by atoms with van der Waals surface area (Å²) in [7, 11) is 0. The van der Waals surface area contributed by atoms with Crippen molar-refractivity contribution in [3.05, 3.63) is 58.6 Å². The Morgan fingerprint density at radius 3 is 1.60 bits per heavy atom. The third kappa shape index (κ3) is 3.94. The molecule has 106 valence electrons. The van der Waals surface area contributed by atoms with Crippen molar-refractivity contribution in [3.8, 4) is 0 Å². The second-order valence-corrected chi connectivity index (χ2v) is 24.2. The van der Waals surface area contributed by atoms with E-state index in [2.05, 4.69) is 43.9 Å². The molecule has 0 N–H and O–H groups in total. The Hall–Kier alpha value is 0.299. The SMILES string of the molecule is CCC[CH2][Sn]([Br])([c]1ccc(Cl)cc1)[c]1ccc(Cl)cc1.